The van der Waals surface area contributed by atoms with E-state index in [2.05, 4.69) is 15.0 Å². The zero-order valence-corrected chi connectivity index (χ0v) is 19.8. The SMILES string of the molecule is Nc1nc(N2CCN(C(=O)COc3ccc(Cl)cc3)CC2)c2nc(-c3ccc(F)cc3F)ccc2n1. The highest BCUT2D eigenvalue weighted by atomic mass is 35.5. The third-order valence-electron chi connectivity index (χ3n) is 5.86. The van der Waals surface area contributed by atoms with Gasteiger partial charge in [-0.2, -0.15) is 4.98 Å². The molecule has 1 saturated heterocycles. The number of anilines is 2. The van der Waals surface area contributed by atoms with Crippen LogP contribution in [0.25, 0.3) is 22.3 Å². The van der Waals surface area contributed by atoms with Crippen LogP contribution < -0.4 is 15.4 Å². The lowest BCUT2D eigenvalue weighted by Crippen LogP contribution is -2.50. The van der Waals surface area contributed by atoms with Crippen molar-refractivity contribution in [2.75, 3.05) is 43.4 Å². The first kappa shape index (κ1) is 23.7. The number of nitrogens with zero attached hydrogens (tertiary/aromatic N) is 5. The van der Waals surface area contributed by atoms with Crippen LogP contribution in [0.4, 0.5) is 20.5 Å². The van der Waals surface area contributed by atoms with Crippen molar-refractivity contribution in [3.05, 3.63) is 71.3 Å². The van der Waals surface area contributed by atoms with Crippen molar-refractivity contribution in [3.63, 3.8) is 0 Å². The van der Waals surface area contributed by atoms with Gasteiger partial charge in [-0.1, -0.05) is 11.6 Å². The van der Waals surface area contributed by atoms with Crippen molar-refractivity contribution in [1.82, 2.24) is 19.9 Å². The van der Waals surface area contributed by atoms with Crippen molar-refractivity contribution < 1.29 is 18.3 Å². The smallest absolute Gasteiger partial charge is 0.260 e. The number of hydrogen-bond donors (Lipinski definition) is 1. The average Bonchev–Trinajstić information content (AvgIpc) is 2.87. The Labute approximate surface area is 210 Å². The number of nitrogen functional groups attached to an aromatic ring is 1. The molecule has 1 aliphatic heterocycles. The predicted molar refractivity (Wildman–Crippen MR) is 133 cm³/mol. The number of ether oxygens (including phenoxy) is 1. The van der Waals surface area contributed by atoms with Crippen molar-refractivity contribution in [1.29, 1.82) is 0 Å². The monoisotopic (exact) mass is 510 g/mol. The van der Waals surface area contributed by atoms with E-state index in [0.29, 0.717) is 59.5 Å². The number of carbonyl (C=O) groups is 1. The van der Waals surface area contributed by atoms with E-state index in [-0.39, 0.29) is 24.0 Å². The van der Waals surface area contributed by atoms with E-state index in [1.165, 1.54) is 12.1 Å². The summed E-state index contributed by atoms with van der Waals surface area (Å²) in [7, 11) is 0. The fraction of sp³-hybridized carbons (Fsp3) is 0.200. The number of halogens is 3. The van der Waals surface area contributed by atoms with Crippen LogP contribution in [-0.2, 0) is 4.79 Å². The molecule has 1 aliphatic rings. The number of amides is 1. The molecule has 1 fully saturated rings. The van der Waals surface area contributed by atoms with E-state index in [4.69, 9.17) is 22.1 Å². The first-order valence-electron chi connectivity index (χ1n) is 11.2. The molecule has 0 aliphatic carbocycles. The summed E-state index contributed by atoms with van der Waals surface area (Å²) in [6.45, 7) is 1.77. The van der Waals surface area contributed by atoms with Gasteiger partial charge in [0.05, 0.1) is 11.2 Å². The van der Waals surface area contributed by atoms with Crippen LogP contribution >= 0.6 is 11.6 Å². The van der Waals surface area contributed by atoms with E-state index in [1.54, 1.807) is 41.3 Å². The second-order valence-electron chi connectivity index (χ2n) is 8.20. The van der Waals surface area contributed by atoms with Crippen LogP contribution in [0, 0.1) is 11.6 Å². The van der Waals surface area contributed by atoms with Crippen LogP contribution in [-0.4, -0.2) is 58.5 Å². The first-order chi connectivity index (χ1) is 17.4. The largest absolute Gasteiger partial charge is 0.484 e. The molecular weight excluding hydrogens is 490 g/mol. The highest BCUT2D eigenvalue weighted by Crippen LogP contribution is 2.29. The summed E-state index contributed by atoms with van der Waals surface area (Å²) < 4.78 is 33.3. The normalized spacial score (nSPS) is 13.8. The molecule has 8 nitrogen and oxygen atoms in total. The number of pyridine rings is 1. The molecule has 4 aromatic rings. The molecular formula is C25H21ClF2N6O2. The molecule has 11 heteroatoms. The number of benzene rings is 2. The molecule has 36 heavy (non-hydrogen) atoms. The van der Waals surface area contributed by atoms with Gasteiger partial charge in [0.25, 0.3) is 5.91 Å². The summed E-state index contributed by atoms with van der Waals surface area (Å²) in [6, 6.07) is 13.4. The zero-order chi connectivity index (χ0) is 25.2. The van der Waals surface area contributed by atoms with E-state index in [1.807, 2.05) is 4.90 Å². The second-order valence-corrected chi connectivity index (χ2v) is 8.64. The number of carbonyl (C=O) groups excluding carboxylic acids is 1. The third kappa shape index (κ3) is 4.99. The maximum absolute atomic E-state index is 14.4. The van der Waals surface area contributed by atoms with Gasteiger partial charge in [0.2, 0.25) is 5.95 Å². The van der Waals surface area contributed by atoms with Gasteiger partial charge in [-0.15, -0.1) is 0 Å². The molecule has 1 amide bonds. The van der Waals surface area contributed by atoms with Gasteiger partial charge in [-0.25, -0.2) is 18.7 Å². The van der Waals surface area contributed by atoms with Gasteiger partial charge >= 0.3 is 0 Å². The molecule has 3 heterocycles. The van der Waals surface area contributed by atoms with Gasteiger partial charge in [-0.3, -0.25) is 4.79 Å². The Hall–Kier alpha value is -4.05. The van der Waals surface area contributed by atoms with Gasteiger partial charge in [0, 0.05) is 42.8 Å². The molecule has 0 saturated carbocycles. The highest BCUT2D eigenvalue weighted by molar-refractivity contribution is 6.30. The van der Waals surface area contributed by atoms with Crippen LogP contribution in [0.1, 0.15) is 0 Å². The highest BCUT2D eigenvalue weighted by Gasteiger charge is 2.25. The van der Waals surface area contributed by atoms with E-state index in [9.17, 15) is 13.6 Å². The minimum absolute atomic E-state index is 0.0786. The molecule has 0 bridgehead atoms. The minimum atomic E-state index is -0.715. The zero-order valence-electron chi connectivity index (χ0n) is 19.0. The molecule has 0 unspecified atom stereocenters. The quantitative estimate of drug-likeness (QED) is 0.434. The second kappa shape index (κ2) is 9.90. The number of rotatable bonds is 5. The number of nitrogens with two attached hydrogens (primary N) is 1. The van der Waals surface area contributed by atoms with E-state index < -0.39 is 11.6 Å². The Balaban J connectivity index is 1.32. The molecule has 5 rings (SSSR count). The standard InChI is InChI=1S/C25H21ClF2N6O2/c26-15-1-4-17(5-2-15)36-14-22(35)33-9-11-34(12-10-33)24-23-21(31-25(29)32-24)8-7-20(30-23)18-6-3-16(27)13-19(18)28/h1-8,13H,9-12,14H2,(H2,29,31,32). The van der Waals surface area contributed by atoms with Gasteiger partial charge in [0.15, 0.2) is 12.4 Å². The molecule has 2 N–H and O–H groups in total. The Bertz CT molecular complexity index is 1430. The molecule has 0 atom stereocenters. The Morgan fingerprint density at radius 3 is 2.44 bits per heavy atom. The van der Waals surface area contributed by atoms with Gasteiger partial charge in [-0.05, 0) is 48.5 Å². The number of hydrogen-bond acceptors (Lipinski definition) is 7. The van der Waals surface area contributed by atoms with E-state index >= 15 is 0 Å². The van der Waals surface area contributed by atoms with Crippen LogP contribution in [0.3, 0.4) is 0 Å². The Morgan fingerprint density at radius 2 is 1.72 bits per heavy atom. The minimum Gasteiger partial charge on any atom is -0.484 e. The fourth-order valence-electron chi connectivity index (χ4n) is 4.02. The summed E-state index contributed by atoms with van der Waals surface area (Å²) in [5.74, 6) is -0.383. The van der Waals surface area contributed by atoms with Gasteiger partial charge < -0.3 is 20.3 Å². The summed E-state index contributed by atoms with van der Waals surface area (Å²) in [4.78, 5) is 29.5. The molecule has 0 spiro atoms. The Kier molecular flexibility index (Phi) is 6.51. The fourth-order valence-corrected chi connectivity index (χ4v) is 4.14. The maximum atomic E-state index is 14.4. The molecule has 0 radical (unpaired) electrons. The van der Waals surface area contributed by atoms with Crippen molar-refractivity contribution in [2.45, 2.75) is 0 Å². The Morgan fingerprint density at radius 1 is 0.972 bits per heavy atom. The lowest BCUT2D eigenvalue weighted by atomic mass is 10.1. The summed E-state index contributed by atoms with van der Waals surface area (Å²) in [6.07, 6.45) is 0. The lowest BCUT2D eigenvalue weighted by Gasteiger charge is -2.35. The van der Waals surface area contributed by atoms with Crippen molar-refractivity contribution in [2.24, 2.45) is 0 Å². The number of piperazine rings is 1. The number of fused-ring (bicyclic) bond motifs is 1. The topological polar surface area (TPSA) is 97.5 Å². The maximum Gasteiger partial charge on any atom is 0.260 e. The summed E-state index contributed by atoms with van der Waals surface area (Å²) >= 11 is 5.87. The third-order valence-corrected chi connectivity index (χ3v) is 6.11. The van der Waals surface area contributed by atoms with Crippen molar-refractivity contribution in [3.8, 4) is 17.0 Å². The van der Waals surface area contributed by atoms with E-state index in [0.717, 1.165) is 6.07 Å². The molecule has 2 aromatic heterocycles. The molecule has 184 valence electrons. The average molecular weight is 511 g/mol. The van der Waals surface area contributed by atoms with Gasteiger partial charge in [0.1, 0.15) is 22.9 Å². The van der Waals surface area contributed by atoms with Crippen LogP contribution in [0.2, 0.25) is 5.02 Å². The summed E-state index contributed by atoms with van der Waals surface area (Å²) in [5, 5.41) is 0.590. The van der Waals surface area contributed by atoms with Crippen molar-refractivity contribution >= 4 is 40.3 Å². The predicted octanol–water partition coefficient (Wildman–Crippen LogP) is 3.93. The first-order valence-corrected chi connectivity index (χ1v) is 11.6. The number of aromatic nitrogens is 3. The van der Waals surface area contributed by atoms with Crippen LogP contribution in [0.5, 0.6) is 5.75 Å². The molecule has 2 aromatic carbocycles. The van der Waals surface area contributed by atoms with Crippen LogP contribution in [0.15, 0.2) is 54.6 Å². The lowest BCUT2D eigenvalue weighted by molar-refractivity contribution is -0.133. The summed E-state index contributed by atoms with van der Waals surface area (Å²) in [5.41, 5.74) is 7.36.